The van der Waals surface area contributed by atoms with Gasteiger partial charge in [-0.1, -0.05) is 25.1 Å². The highest BCUT2D eigenvalue weighted by Gasteiger charge is 2.16. The quantitative estimate of drug-likeness (QED) is 0.561. The minimum Gasteiger partial charge on any atom is -0.355 e. The summed E-state index contributed by atoms with van der Waals surface area (Å²) in [5, 5.41) is 2.96. The molecule has 0 heterocycles. The van der Waals surface area contributed by atoms with Crippen molar-refractivity contribution in [3.05, 3.63) is 30.3 Å². The van der Waals surface area contributed by atoms with Gasteiger partial charge in [-0.2, -0.15) is 0 Å². The Morgan fingerprint density at radius 1 is 1.33 bits per heavy atom. The first-order valence-corrected chi connectivity index (χ1v) is 7.35. The Kier molecular flexibility index (Phi) is 7.53. The zero-order valence-electron chi connectivity index (χ0n) is 10.9. The first-order valence-electron chi connectivity index (χ1n) is 6.47. The fourth-order valence-electron chi connectivity index (χ4n) is 1.58. The second-order valence-corrected chi connectivity index (χ2v) is 5.39. The maximum absolute atomic E-state index is 12.0. The number of amides is 1. The number of carbonyl (C=O) groups is 1. The van der Waals surface area contributed by atoms with Gasteiger partial charge in [-0.25, -0.2) is 0 Å². The van der Waals surface area contributed by atoms with Gasteiger partial charge in [-0.3, -0.25) is 4.79 Å². The van der Waals surface area contributed by atoms with Crippen LogP contribution in [0, 0.1) is 0 Å². The van der Waals surface area contributed by atoms with E-state index in [1.54, 1.807) is 11.8 Å². The van der Waals surface area contributed by atoms with Crippen molar-refractivity contribution in [3.63, 3.8) is 0 Å². The molecule has 1 aromatic carbocycles. The molecule has 4 heteroatoms. The molecular weight excluding hydrogens is 244 g/mol. The molecule has 1 aromatic rings. The highest BCUT2D eigenvalue weighted by molar-refractivity contribution is 8.00. The summed E-state index contributed by atoms with van der Waals surface area (Å²) >= 11 is 1.62. The van der Waals surface area contributed by atoms with E-state index in [1.165, 1.54) is 0 Å². The van der Waals surface area contributed by atoms with Crippen LogP contribution in [-0.4, -0.2) is 24.2 Å². The summed E-state index contributed by atoms with van der Waals surface area (Å²) in [6.07, 6.45) is 2.75. The molecule has 0 spiro atoms. The van der Waals surface area contributed by atoms with Crippen molar-refractivity contribution >= 4 is 17.7 Å². The van der Waals surface area contributed by atoms with Gasteiger partial charge in [0.05, 0.1) is 5.25 Å². The van der Waals surface area contributed by atoms with Crippen LogP contribution in [0.4, 0.5) is 0 Å². The van der Waals surface area contributed by atoms with Crippen molar-refractivity contribution in [2.24, 2.45) is 5.73 Å². The van der Waals surface area contributed by atoms with Gasteiger partial charge in [-0.05, 0) is 37.9 Å². The van der Waals surface area contributed by atoms with Gasteiger partial charge >= 0.3 is 0 Å². The fraction of sp³-hybridized carbons (Fsp3) is 0.500. The molecule has 0 saturated heterocycles. The molecule has 1 amide bonds. The van der Waals surface area contributed by atoms with Crippen LogP contribution in [0.15, 0.2) is 35.2 Å². The molecule has 0 fully saturated rings. The number of hydrogen-bond acceptors (Lipinski definition) is 3. The molecule has 18 heavy (non-hydrogen) atoms. The van der Waals surface area contributed by atoms with Crippen molar-refractivity contribution in [2.75, 3.05) is 13.1 Å². The van der Waals surface area contributed by atoms with Crippen molar-refractivity contribution < 1.29 is 4.79 Å². The Morgan fingerprint density at radius 3 is 2.67 bits per heavy atom. The molecule has 0 radical (unpaired) electrons. The van der Waals surface area contributed by atoms with E-state index < -0.39 is 0 Å². The van der Waals surface area contributed by atoms with Crippen molar-refractivity contribution in [1.29, 1.82) is 0 Å². The van der Waals surface area contributed by atoms with Gasteiger partial charge in [0, 0.05) is 11.4 Å². The van der Waals surface area contributed by atoms with Crippen LogP contribution in [0.25, 0.3) is 0 Å². The van der Waals surface area contributed by atoms with E-state index in [0.29, 0.717) is 6.54 Å². The van der Waals surface area contributed by atoms with Crippen LogP contribution in [0.3, 0.4) is 0 Å². The molecule has 1 atom stereocenters. The number of nitrogens with one attached hydrogen (secondary N) is 1. The molecule has 3 N–H and O–H groups in total. The third kappa shape index (κ3) is 5.56. The van der Waals surface area contributed by atoms with E-state index >= 15 is 0 Å². The molecule has 0 saturated carbocycles. The van der Waals surface area contributed by atoms with E-state index in [9.17, 15) is 4.79 Å². The van der Waals surface area contributed by atoms with Crippen LogP contribution in [0.2, 0.25) is 0 Å². The van der Waals surface area contributed by atoms with Gasteiger partial charge in [0.2, 0.25) is 5.91 Å². The van der Waals surface area contributed by atoms with Gasteiger partial charge in [0.25, 0.3) is 0 Å². The largest absolute Gasteiger partial charge is 0.355 e. The molecular formula is C14H22N2OS. The molecule has 3 nitrogen and oxygen atoms in total. The van der Waals surface area contributed by atoms with E-state index in [0.717, 1.165) is 30.7 Å². The van der Waals surface area contributed by atoms with E-state index in [1.807, 2.05) is 37.3 Å². The van der Waals surface area contributed by atoms with E-state index in [4.69, 9.17) is 5.73 Å². The van der Waals surface area contributed by atoms with Crippen LogP contribution in [0.5, 0.6) is 0 Å². The van der Waals surface area contributed by atoms with E-state index in [-0.39, 0.29) is 11.2 Å². The average Bonchev–Trinajstić information content (AvgIpc) is 2.42. The van der Waals surface area contributed by atoms with Gasteiger partial charge in [-0.15, -0.1) is 11.8 Å². The predicted octanol–water partition coefficient (Wildman–Crippen LogP) is 2.41. The number of benzene rings is 1. The average molecular weight is 266 g/mol. The normalized spacial score (nSPS) is 12.1. The summed E-state index contributed by atoms with van der Waals surface area (Å²) in [5.41, 5.74) is 5.42. The summed E-state index contributed by atoms with van der Waals surface area (Å²) in [6.45, 7) is 3.45. The second kappa shape index (κ2) is 9.00. The molecule has 0 aliphatic heterocycles. The maximum Gasteiger partial charge on any atom is 0.233 e. The Bertz CT molecular complexity index is 343. The summed E-state index contributed by atoms with van der Waals surface area (Å²) in [7, 11) is 0. The first-order chi connectivity index (χ1) is 8.77. The number of unbranched alkanes of at least 4 members (excludes halogenated alkanes) is 1. The molecule has 0 aliphatic rings. The summed E-state index contributed by atoms with van der Waals surface area (Å²) in [6, 6.07) is 10.0. The topological polar surface area (TPSA) is 55.1 Å². The third-order valence-electron chi connectivity index (χ3n) is 2.61. The lowest BCUT2D eigenvalue weighted by molar-refractivity contribution is -0.120. The zero-order valence-corrected chi connectivity index (χ0v) is 11.7. The Labute approximate surface area is 114 Å². The Morgan fingerprint density at radius 2 is 2.06 bits per heavy atom. The van der Waals surface area contributed by atoms with Crippen molar-refractivity contribution in [2.45, 2.75) is 36.3 Å². The van der Waals surface area contributed by atoms with Crippen LogP contribution in [0.1, 0.15) is 26.2 Å². The molecule has 0 aromatic heterocycles. The number of hydrogen-bond donors (Lipinski definition) is 2. The highest BCUT2D eigenvalue weighted by atomic mass is 32.2. The fourth-order valence-corrected chi connectivity index (χ4v) is 2.58. The lowest BCUT2D eigenvalue weighted by atomic mass is 10.3. The molecule has 0 bridgehead atoms. The number of nitrogens with two attached hydrogens (primary N) is 1. The van der Waals surface area contributed by atoms with Crippen LogP contribution < -0.4 is 11.1 Å². The molecule has 0 aliphatic carbocycles. The van der Waals surface area contributed by atoms with Gasteiger partial charge in [0.15, 0.2) is 0 Å². The standard InChI is InChI=1S/C14H22N2OS/c1-2-13(14(17)16-11-7-6-10-15)18-12-8-4-3-5-9-12/h3-5,8-9,13H,2,6-7,10-11,15H2,1H3,(H,16,17). The third-order valence-corrected chi connectivity index (χ3v) is 3.99. The SMILES string of the molecule is CCC(Sc1ccccc1)C(=O)NCCCCN. The summed E-state index contributed by atoms with van der Waals surface area (Å²) in [5.74, 6) is 0.128. The zero-order chi connectivity index (χ0) is 13.2. The Balaban J connectivity index is 2.38. The maximum atomic E-state index is 12.0. The minimum absolute atomic E-state index is 0.00900. The second-order valence-electron chi connectivity index (χ2n) is 4.11. The minimum atomic E-state index is -0.00900. The predicted molar refractivity (Wildman–Crippen MR) is 77.7 cm³/mol. The number of carbonyl (C=O) groups excluding carboxylic acids is 1. The monoisotopic (exact) mass is 266 g/mol. The molecule has 1 rings (SSSR count). The van der Waals surface area contributed by atoms with Crippen LogP contribution >= 0.6 is 11.8 Å². The van der Waals surface area contributed by atoms with Crippen LogP contribution in [-0.2, 0) is 4.79 Å². The highest BCUT2D eigenvalue weighted by Crippen LogP contribution is 2.24. The molecule has 100 valence electrons. The van der Waals surface area contributed by atoms with Crippen molar-refractivity contribution in [3.8, 4) is 0 Å². The Hall–Kier alpha value is -1.00. The lowest BCUT2D eigenvalue weighted by Gasteiger charge is -2.14. The molecule has 1 unspecified atom stereocenters. The van der Waals surface area contributed by atoms with E-state index in [2.05, 4.69) is 5.32 Å². The lowest BCUT2D eigenvalue weighted by Crippen LogP contribution is -2.33. The summed E-state index contributed by atoms with van der Waals surface area (Å²) < 4.78 is 0. The van der Waals surface area contributed by atoms with Gasteiger partial charge in [0.1, 0.15) is 0 Å². The number of rotatable bonds is 8. The van der Waals surface area contributed by atoms with Crippen molar-refractivity contribution in [1.82, 2.24) is 5.32 Å². The first kappa shape index (κ1) is 15.1. The summed E-state index contributed by atoms with van der Waals surface area (Å²) in [4.78, 5) is 13.1. The number of thioether (sulfide) groups is 1. The smallest absolute Gasteiger partial charge is 0.233 e. The van der Waals surface area contributed by atoms with Gasteiger partial charge < -0.3 is 11.1 Å².